The maximum absolute atomic E-state index is 13.6. The zero-order valence-electron chi connectivity index (χ0n) is 20.9. The molecule has 0 fully saturated rings. The maximum atomic E-state index is 13.6. The van der Waals surface area contributed by atoms with E-state index in [4.69, 9.17) is 0 Å². The van der Waals surface area contributed by atoms with Crippen LogP contribution in [0.15, 0.2) is 30.3 Å². The average Bonchev–Trinajstić information content (AvgIpc) is 3.33. The quantitative estimate of drug-likeness (QED) is 0.336. The van der Waals surface area contributed by atoms with Crippen LogP contribution in [-0.2, 0) is 14.8 Å². The summed E-state index contributed by atoms with van der Waals surface area (Å²) in [5, 5.41) is 25.5. The monoisotopic (exact) mass is 532 g/mol. The van der Waals surface area contributed by atoms with Gasteiger partial charge >= 0.3 is 0 Å². The van der Waals surface area contributed by atoms with Gasteiger partial charge in [0.25, 0.3) is 5.95 Å². The van der Waals surface area contributed by atoms with Crippen LogP contribution in [0.3, 0.4) is 0 Å². The summed E-state index contributed by atoms with van der Waals surface area (Å²) in [7, 11) is -2.25. The predicted molar refractivity (Wildman–Crippen MR) is 136 cm³/mol. The highest BCUT2D eigenvalue weighted by Crippen LogP contribution is 2.31. The van der Waals surface area contributed by atoms with Crippen molar-refractivity contribution in [3.63, 3.8) is 0 Å². The molecule has 0 aliphatic heterocycles. The van der Waals surface area contributed by atoms with E-state index in [2.05, 4.69) is 35.9 Å². The predicted octanol–water partition coefficient (Wildman–Crippen LogP) is 2.50. The first-order chi connectivity index (χ1) is 17.5. The van der Waals surface area contributed by atoms with Gasteiger partial charge in [-0.05, 0) is 48.2 Å². The van der Waals surface area contributed by atoms with Gasteiger partial charge in [0.05, 0.1) is 30.2 Å². The number of carbonyl (C=O) groups excluding carboxylic acids is 1. The van der Waals surface area contributed by atoms with Crippen molar-refractivity contribution >= 4 is 33.9 Å². The van der Waals surface area contributed by atoms with Gasteiger partial charge in [-0.2, -0.15) is 5.21 Å². The smallest absolute Gasteiger partial charge is 0.269 e. The Morgan fingerprint density at radius 1 is 1.24 bits per heavy atom. The summed E-state index contributed by atoms with van der Waals surface area (Å²) < 4.78 is 38.9. The van der Waals surface area contributed by atoms with Crippen LogP contribution in [0.5, 0.6) is 0 Å². The summed E-state index contributed by atoms with van der Waals surface area (Å²) in [5.41, 5.74) is 2.29. The van der Waals surface area contributed by atoms with E-state index in [0.717, 1.165) is 10.6 Å². The van der Waals surface area contributed by atoms with E-state index < -0.39 is 27.9 Å². The van der Waals surface area contributed by atoms with Crippen LogP contribution in [0.2, 0.25) is 0 Å². The summed E-state index contributed by atoms with van der Waals surface area (Å²) in [6.07, 6.45) is 4.36. The van der Waals surface area contributed by atoms with Gasteiger partial charge in [-0.3, -0.25) is 10.1 Å². The van der Waals surface area contributed by atoms with Gasteiger partial charge in [0, 0.05) is 18.2 Å². The number of nitrogens with zero attached hydrogens (tertiary/aromatic N) is 6. The molecule has 0 radical (unpaired) electrons. The number of nitrogens with one attached hydrogen (secondary N) is 2. The van der Waals surface area contributed by atoms with Crippen LogP contribution in [0, 0.1) is 5.82 Å². The van der Waals surface area contributed by atoms with Crippen molar-refractivity contribution in [2.45, 2.75) is 45.1 Å². The number of hydrogen-bond donors (Lipinski definition) is 3. The van der Waals surface area contributed by atoms with Crippen LogP contribution in [0.25, 0.3) is 17.3 Å². The highest BCUT2D eigenvalue weighted by Gasteiger charge is 2.22. The number of benzene rings is 1. The lowest BCUT2D eigenvalue weighted by Crippen LogP contribution is -2.27. The number of aliphatic hydroxyl groups is 1. The molecule has 198 valence electrons. The number of sulfonamides is 1. The lowest BCUT2D eigenvalue weighted by atomic mass is 9.97. The topological polar surface area (TPSA) is 167 Å². The number of halogens is 1. The van der Waals surface area contributed by atoms with Gasteiger partial charge in [0.1, 0.15) is 5.82 Å². The molecule has 1 unspecified atom stereocenters. The normalized spacial score (nSPS) is 12.7. The van der Waals surface area contributed by atoms with Crippen molar-refractivity contribution in [3.8, 4) is 11.3 Å². The highest BCUT2D eigenvalue weighted by molar-refractivity contribution is 7.92. The van der Waals surface area contributed by atoms with E-state index in [-0.39, 0.29) is 24.2 Å². The van der Waals surface area contributed by atoms with E-state index in [1.54, 1.807) is 18.2 Å². The number of hydrogen-bond acceptors (Lipinski definition) is 9. The Balaban J connectivity index is 1.85. The zero-order chi connectivity index (χ0) is 27.2. The summed E-state index contributed by atoms with van der Waals surface area (Å²) in [5.74, 6) is -0.919. The first kappa shape index (κ1) is 27.8. The molecule has 1 amide bonds. The fourth-order valence-corrected chi connectivity index (χ4v) is 3.77. The van der Waals surface area contributed by atoms with Gasteiger partial charge in [-0.1, -0.05) is 31.1 Å². The molecule has 14 heteroatoms. The zero-order valence-corrected chi connectivity index (χ0v) is 21.7. The molecule has 2 heterocycles. The second kappa shape index (κ2) is 12.0. The molecule has 1 aromatic carbocycles. The Hall–Kier alpha value is -3.78. The van der Waals surface area contributed by atoms with Crippen LogP contribution in [0.1, 0.15) is 50.3 Å². The molecular weight excluding hydrogens is 503 g/mol. The van der Waals surface area contributed by atoms with Crippen molar-refractivity contribution in [2.75, 3.05) is 22.9 Å². The maximum Gasteiger partial charge on any atom is 0.269 e. The number of tetrazole rings is 1. The Labute approximate surface area is 214 Å². The highest BCUT2D eigenvalue weighted by atomic mass is 32.2. The van der Waals surface area contributed by atoms with Crippen molar-refractivity contribution in [1.82, 2.24) is 30.6 Å². The van der Waals surface area contributed by atoms with Gasteiger partial charge in [-0.25, -0.2) is 27.1 Å². The van der Waals surface area contributed by atoms with Gasteiger partial charge < -0.3 is 5.11 Å². The lowest BCUT2D eigenvalue weighted by Gasteiger charge is -2.20. The van der Waals surface area contributed by atoms with Crippen LogP contribution < -0.4 is 9.62 Å². The van der Waals surface area contributed by atoms with E-state index in [1.807, 2.05) is 19.9 Å². The Bertz CT molecular complexity index is 1350. The number of H-pyrrole nitrogens is 1. The molecule has 0 spiro atoms. The fraction of sp³-hybridized carbons (Fsp3) is 0.391. The van der Waals surface area contributed by atoms with Crippen molar-refractivity contribution in [1.29, 1.82) is 0 Å². The Morgan fingerprint density at radius 2 is 1.95 bits per heavy atom. The third kappa shape index (κ3) is 7.60. The minimum Gasteiger partial charge on any atom is -0.393 e. The minimum atomic E-state index is -3.62. The number of amides is 1. The summed E-state index contributed by atoms with van der Waals surface area (Å²) in [4.78, 5) is 21.0. The largest absolute Gasteiger partial charge is 0.393 e. The third-order valence-electron chi connectivity index (χ3n) is 5.38. The Kier molecular flexibility index (Phi) is 8.99. The van der Waals surface area contributed by atoms with Gasteiger partial charge in [0.15, 0.2) is 0 Å². The molecule has 3 aromatic rings. The first-order valence-electron chi connectivity index (χ1n) is 11.5. The minimum absolute atomic E-state index is 0.00529. The number of rotatable bonds is 11. The molecule has 2 aromatic heterocycles. The van der Waals surface area contributed by atoms with Gasteiger partial charge in [-0.15, -0.1) is 5.10 Å². The molecule has 0 aliphatic carbocycles. The van der Waals surface area contributed by atoms with Crippen LogP contribution >= 0.6 is 0 Å². The first-order valence-corrected chi connectivity index (χ1v) is 13.3. The van der Waals surface area contributed by atoms with Crippen LogP contribution in [0.4, 0.5) is 16.3 Å². The molecular formula is C23H29FN8O4S. The molecule has 0 saturated heterocycles. The summed E-state index contributed by atoms with van der Waals surface area (Å²) in [6, 6.07) is 5.73. The van der Waals surface area contributed by atoms with E-state index in [9.17, 15) is 22.7 Å². The van der Waals surface area contributed by atoms with E-state index >= 15 is 0 Å². The molecule has 3 N–H and O–H groups in total. The SMILES string of the molecule is CC(C)c1nc(N(C)S(C)(=O)=O)nc(-c2ccc(F)cc2)c1/C=C/CCC(O)CC(=O)Nc1nn[nH]n1. The second-order valence-corrected chi connectivity index (χ2v) is 10.7. The van der Waals surface area contributed by atoms with Crippen molar-refractivity contribution in [2.24, 2.45) is 0 Å². The summed E-state index contributed by atoms with van der Waals surface area (Å²) >= 11 is 0. The average molecular weight is 533 g/mol. The number of aliphatic hydroxyl groups excluding tert-OH is 1. The van der Waals surface area contributed by atoms with Crippen molar-refractivity contribution in [3.05, 3.63) is 47.4 Å². The van der Waals surface area contributed by atoms with Crippen LogP contribution in [-0.4, -0.2) is 69.4 Å². The van der Waals surface area contributed by atoms with E-state index in [1.165, 1.54) is 19.2 Å². The molecule has 0 saturated carbocycles. The molecule has 3 rings (SSSR count). The number of aromatic nitrogens is 6. The molecule has 12 nitrogen and oxygen atoms in total. The lowest BCUT2D eigenvalue weighted by molar-refractivity contribution is -0.118. The second-order valence-electron chi connectivity index (χ2n) is 8.68. The Morgan fingerprint density at radius 3 is 2.54 bits per heavy atom. The summed E-state index contributed by atoms with van der Waals surface area (Å²) in [6.45, 7) is 3.84. The number of aromatic amines is 1. The standard InChI is InChI=1S/C23H29FN8O4S/c1-14(2)20-18(8-6-5-7-17(33)13-19(34)25-22-28-30-31-29-22)21(15-9-11-16(24)12-10-15)27-23(26-20)32(3)37(4,35)36/h6,8-12,14,17,33H,5,7,13H2,1-4H3,(H2,25,28,29,30,31,34)/b8-6+. The van der Waals surface area contributed by atoms with Crippen molar-refractivity contribution < 1.29 is 22.7 Å². The number of anilines is 2. The number of carbonyl (C=O) groups is 1. The van der Waals surface area contributed by atoms with Gasteiger partial charge in [0.2, 0.25) is 21.9 Å². The molecule has 37 heavy (non-hydrogen) atoms. The molecule has 0 aliphatic rings. The third-order valence-corrected chi connectivity index (χ3v) is 6.53. The number of allylic oxidation sites excluding steroid dienone is 1. The van der Waals surface area contributed by atoms with E-state index in [0.29, 0.717) is 35.4 Å². The molecule has 0 bridgehead atoms. The fourth-order valence-electron chi connectivity index (χ4n) is 3.39. The molecule has 1 atom stereocenters.